The van der Waals surface area contributed by atoms with Gasteiger partial charge in [0.25, 0.3) is 0 Å². The number of aromatic nitrogens is 1. The first-order valence-electron chi connectivity index (χ1n) is 8.36. The molecule has 0 spiro atoms. The van der Waals surface area contributed by atoms with Gasteiger partial charge in [0.1, 0.15) is 0 Å². The van der Waals surface area contributed by atoms with E-state index < -0.39 is 0 Å². The van der Waals surface area contributed by atoms with Crippen LogP contribution in [0.2, 0.25) is 0 Å². The Labute approximate surface area is 146 Å². The molecule has 2 atom stereocenters. The number of rotatable bonds is 2. The molecular formula is C19H18N4O2. The minimum Gasteiger partial charge on any atom is -0.391 e. The van der Waals surface area contributed by atoms with Crippen LogP contribution in [-0.4, -0.2) is 47.1 Å². The van der Waals surface area contributed by atoms with E-state index in [-0.39, 0.29) is 6.09 Å². The number of carbonyl (C=O) groups is 1. The highest BCUT2D eigenvalue weighted by Gasteiger charge is 2.42. The van der Waals surface area contributed by atoms with Gasteiger partial charge in [-0.2, -0.15) is 5.26 Å². The number of hydrogen-bond donors (Lipinski definition) is 0. The molecule has 1 aromatic heterocycles. The van der Waals surface area contributed by atoms with Crippen LogP contribution in [0, 0.1) is 23.3 Å². The van der Waals surface area contributed by atoms with Gasteiger partial charge in [-0.15, -0.1) is 0 Å². The van der Waals surface area contributed by atoms with Crippen LogP contribution < -0.4 is 4.74 Å². The van der Waals surface area contributed by atoms with Crippen LogP contribution in [0.1, 0.15) is 0 Å². The molecule has 2 fully saturated rings. The summed E-state index contributed by atoms with van der Waals surface area (Å²) in [6, 6.07) is 13.5. The number of hydrogen-bond acceptors (Lipinski definition) is 5. The minimum atomic E-state index is -0.363. The monoisotopic (exact) mass is 334 g/mol. The van der Waals surface area contributed by atoms with E-state index in [1.807, 2.05) is 36.4 Å². The maximum Gasteiger partial charge on any atom is 0.416 e. The zero-order valence-electron chi connectivity index (χ0n) is 13.7. The Kier molecular flexibility index (Phi) is 3.98. The van der Waals surface area contributed by atoms with E-state index in [0.717, 1.165) is 24.2 Å². The van der Waals surface area contributed by atoms with Crippen molar-refractivity contribution in [3.8, 4) is 23.2 Å². The van der Waals surface area contributed by atoms with E-state index in [9.17, 15) is 4.79 Å². The van der Waals surface area contributed by atoms with Crippen molar-refractivity contribution in [2.75, 3.05) is 26.2 Å². The Morgan fingerprint density at radius 3 is 2.36 bits per heavy atom. The number of ether oxygens (including phenoxy) is 1. The van der Waals surface area contributed by atoms with Gasteiger partial charge in [-0.25, -0.2) is 9.78 Å². The van der Waals surface area contributed by atoms with E-state index >= 15 is 0 Å². The molecule has 2 saturated heterocycles. The summed E-state index contributed by atoms with van der Waals surface area (Å²) in [5.41, 5.74) is 2.05. The highest BCUT2D eigenvalue weighted by Crippen LogP contribution is 2.31. The first-order valence-corrected chi connectivity index (χ1v) is 8.36. The second kappa shape index (κ2) is 6.44. The van der Waals surface area contributed by atoms with Gasteiger partial charge in [0.2, 0.25) is 5.88 Å². The number of pyridine rings is 1. The van der Waals surface area contributed by atoms with Crippen molar-refractivity contribution in [1.29, 1.82) is 5.26 Å². The molecule has 1 unspecified atom stereocenters. The number of benzene rings is 1. The largest absolute Gasteiger partial charge is 0.416 e. The highest BCUT2D eigenvalue weighted by molar-refractivity contribution is 5.71. The second-order valence-corrected chi connectivity index (χ2v) is 6.55. The van der Waals surface area contributed by atoms with Crippen molar-refractivity contribution in [2.45, 2.75) is 0 Å². The number of nitrogens with zero attached hydrogens (tertiary/aromatic N) is 4. The highest BCUT2D eigenvalue weighted by atomic mass is 16.6. The fourth-order valence-electron chi connectivity index (χ4n) is 3.62. The predicted octanol–water partition coefficient (Wildman–Crippen LogP) is 2.59. The summed E-state index contributed by atoms with van der Waals surface area (Å²) in [6.45, 7) is 2.75. The topological polar surface area (TPSA) is 69.5 Å². The van der Waals surface area contributed by atoms with Crippen LogP contribution in [0.5, 0.6) is 5.88 Å². The van der Waals surface area contributed by atoms with E-state index in [4.69, 9.17) is 10.00 Å². The van der Waals surface area contributed by atoms with E-state index in [1.165, 1.54) is 0 Å². The molecule has 0 bridgehead atoms. The number of nitriles is 1. The van der Waals surface area contributed by atoms with Crippen molar-refractivity contribution in [2.24, 2.45) is 11.8 Å². The van der Waals surface area contributed by atoms with Gasteiger partial charge >= 0.3 is 6.09 Å². The van der Waals surface area contributed by atoms with E-state index in [0.29, 0.717) is 30.8 Å². The summed E-state index contributed by atoms with van der Waals surface area (Å²) >= 11 is 0. The first kappa shape index (κ1) is 15.5. The molecule has 0 aliphatic carbocycles. The van der Waals surface area contributed by atoms with Gasteiger partial charge in [0, 0.05) is 55.8 Å². The summed E-state index contributed by atoms with van der Waals surface area (Å²) in [6.07, 6.45) is 3.53. The normalized spacial score (nSPS) is 21.7. The zero-order chi connectivity index (χ0) is 17.2. The molecule has 25 heavy (non-hydrogen) atoms. The maximum atomic E-state index is 12.3. The van der Waals surface area contributed by atoms with Gasteiger partial charge < -0.3 is 14.5 Å². The molecule has 3 heterocycles. The molecule has 0 radical (unpaired) electrons. The average molecular weight is 334 g/mol. The standard InChI is InChI=1S/C19H18N4O2/c20-13-22-9-16-11-23(12-17(16)10-22)19(24)25-18-7-6-15(8-21-18)14-4-2-1-3-5-14/h1-8,16-17H,9-12H2/t16-,17?/m1/s1. The Morgan fingerprint density at radius 1 is 1.04 bits per heavy atom. The quantitative estimate of drug-likeness (QED) is 0.790. The molecule has 2 aliphatic rings. The fourth-order valence-corrected chi connectivity index (χ4v) is 3.62. The lowest BCUT2D eigenvalue weighted by molar-refractivity contribution is 0.156. The van der Waals surface area contributed by atoms with Crippen molar-refractivity contribution >= 4 is 6.09 Å². The predicted molar refractivity (Wildman–Crippen MR) is 91.4 cm³/mol. The summed E-state index contributed by atoms with van der Waals surface area (Å²) in [5, 5.41) is 8.96. The van der Waals surface area contributed by atoms with Crippen LogP contribution >= 0.6 is 0 Å². The summed E-state index contributed by atoms with van der Waals surface area (Å²) in [7, 11) is 0. The summed E-state index contributed by atoms with van der Waals surface area (Å²) < 4.78 is 5.40. The van der Waals surface area contributed by atoms with Crippen LogP contribution in [0.4, 0.5) is 4.79 Å². The number of carbonyl (C=O) groups excluding carboxylic acids is 1. The molecule has 6 nitrogen and oxygen atoms in total. The molecule has 0 N–H and O–H groups in total. The molecule has 6 heteroatoms. The van der Waals surface area contributed by atoms with Crippen molar-refractivity contribution < 1.29 is 9.53 Å². The lowest BCUT2D eigenvalue weighted by atomic mass is 10.0. The molecule has 2 aliphatic heterocycles. The molecule has 1 aromatic carbocycles. The van der Waals surface area contributed by atoms with E-state index in [1.54, 1.807) is 22.1 Å². The average Bonchev–Trinajstić information content (AvgIpc) is 3.22. The van der Waals surface area contributed by atoms with Crippen molar-refractivity contribution in [1.82, 2.24) is 14.8 Å². The number of fused-ring (bicyclic) bond motifs is 1. The Bertz CT molecular complexity index is 786. The first-order chi connectivity index (χ1) is 12.2. The molecule has 2 aromatic rings. The summed E-state index contributed by atoms with van der Waals surface area (Å²) in [4.78, 5) is 20.1. The Hall–Kier alpha value is -3.07. The second-order valence-electron chi connectivity index (χ2n) is 6.55. The van der Waals surface area contributed by atoms with Crippen LogP contribution in [0.3, 0.4) is 0 Å². The minimum absolute atomic E-state index is 0.306. The van der Waals surface area contributed by atoms with Gasteiger partial charge in [0.05, 0.1) is 0 Å². The molecule has 0 saturated carbocycles. The van der Waals surface area contributed by atoms with Crippen LogP contribution in [-0.2, 0) is 0 Å². The third kappa shape index (κ3) is 3.13. The third-order valence-electron chi connectivity index (χ3n) is 4.92. The van der Waals surface area contributed by atoms with Gasteiger partial charge in [-0.05, 0) is 11.6 Å². The fraction of sp³-hybridized carbons (Fsp3) is 0.316. The Balaban J connectivity index is 1.37. The molecule has 1 amide bonds. The van der Waals surface area contributed by atoms with Crippen LogP contribution in [0.15, 0.2) is 48.7 Å². The molecular weight excluding hydrogens is 316 g/mol. The van der Waals surface area contributed by atoms with Gasteiger partial charge in [0.15, 0.2) is 6.19 Å². The summed E-state index contributed by atoms with van der Waals surface area (Å²) in [5.74, 6) is 1.03. The van der Waals surface area contributed by atoms with E-state index in [2.05, 4.69) is 11.2 Å². The van der Waals surface area contributed by atoms with Gasteiger partial charge in [-0.1, -0.05) is 30.3 Å². The SMILES string of the molecule is N#CN1CC2CN(C(=O)Oc3ccc(-c4ccccc4)cn3)C[C@H]2C1. The van der Waals surface area contributed by atoms with Gasteiger partial charge in [-0.3, -0.25) is 0 Å². The smallest absolute Gasteiger partial charge is 0.391 e. The molecule has 126 valence electrons. The Morgan fingerprint density at radius 2 is 1.76 bits per heavy atom. The maximum absolute atomic E-state index is 12.3. The van der Waals surface area contributed by atoms with Crippen molar-refractivity contribution in [3.05, 3.63) is 48.7 Å². The third-order valence-corrected chi connectivity index (χ3v) is 4.92. The van der Waals surface area contributed by atoms with Crippen molar-refractivity contribution in [3.63, 3.8) is 0 Å². The molecule has 4 rings (SSSR count). The number of likely N-dealkylation sites (tertiary alicyclic amines) is 2. The van der Waals surface area contributed by atoms with Crippen LogP contribution in [0.25, 0.3) is 11.1 Å². The lowest BCUT2D eigenvalue weighted by Crippen LogP contribution is -2.34. The zero-order valence-corrected chi connectivity index (χ0v) is 13.7. The lowest BCUT2D eigenvalue weighted by Gasteiger charge is -2.18. The number of amides is 1.